The number of allylic oxidation sites excluding steroid dienone is 4. The van der Waals surface area contributed by atoms with Crippen LogP contribution < -0.4 is 75.5 Å². The Labute approximate surface area is 348 Å². The summed E-state index contributed by atoms with van der Waals surface area (Å²) in [7, 11) is -9.73. The smallest absolute Gasteiger partial charge is 0.744 e. The minimum atomic E-state index is -4.89. The standard InChI is InChI=1S/C31H34N6O12S2.2Na/c38-16-14-32-29(40)28-24(31(42)37(35-28)19-22-9-5-7-13-27(22)51(46,47)48)11-3-1-2-10-23-25(20-49-33-15-17-39)34-36(30(23)41)18-21-8-4-6-12-26(21)50(43,44)45;;/h1-13,33-34,38-39H,14-20H2,(H,32,40)(H,43,44,45)(H,46,47,48);;/q;2*+1/p-2/b3-1+,10-2+,24-11+;;. The Kier molecular flexibility index (Phi) is 18.4. The van der Waals surface area contributed by atoms with Crippen molar-refractivity contribution in [3.05, 3.63) is 111 Å². The number of H-pyrrole nitrogens is 1. The van der Waals surface area contributed by atoms with Crippen LogP contribution in [0.25, 0.3) is 6.08 Å². The number of aromatic nitrogens is 2. The molecule has 0 bridgehead atoms. The number of amides is 2. The van der Waals surface area contributed by atoms with Crippen molar-refractivity contribution in [1.82, 2.24) is 25.6 Å². The van der Waals surface area contributed by atoms with Crippen LogP contribution in [0.1, 0.15) is 22.4 Å². The van der Waals surface area contributed by atoms with Gasteiger partial charge in [0.05, 0.1) is 52.9 Å². The number of aliphatic hydroxyl groups excluding tert-OH is 2. The molecule has 2 heterocycles. The number of hydrogen-bond donors (Lipinski definition) is 5. The fourth-order valence-corrected chi connectivity index (χ4v) is 6.18. The summed E-state index contributed by atoms with van der Waals surface area (Å²) in [5.41, 5.74) is 1.73. The van der Waals surface area contributed by atoms with E-state index in [2.05, 4.69) is 21.0 Å². The van der Waals surface area contributed by atoms with Crippen LogP contribution in [0.5, 0.6) is 0 Å². The zero-order chi connectivity index (χ0) is 37.2. The van der Waals surface area contributed by atoms with Crippen molar-refractivity contribution in [3.63, 3.8) is 0 Å². The molecule has 0 saturated carbocycles. The van der Waals surface area contributed by atoms with Crippen molar-refractivity contribution >= 4 is 43.8 Å². The predicted octanol–water partition coefficient (Wildman–Crippen LogP) is -6.94. The number of carbonyl (C=O) groups excluding carboxylic acids is 2. The largest absolute Gasteiger partial charge is 1.00 e. The molecule has 1 aromatic heterocycles. The number of nitrogens with one attached hydrogen (secondary N) is 3. The maximum atomic E-state index is 13.4. The van der Waals surface area contributed by atoms with Gasteiger partial charge in [0.2, 0.25) is 0 Å². The van der Waals surface area contributed by atoms with Crippen molar-refractivity contribution in [3.8, 4) is 0 Å². The molecule has 1 aliphatic rings. The third-order valence-electron chi connectivity index (χ3n) is 7.04. The number of aromatic amines is 1. The predicted molar refractivity (Wildman–Crippen MR) is 177 cm³/mol. The van der Waals surface area contributed by atoms with Gasteiger partial charge >= 0.3 is 59.1 Å². The number of nitrogens with zero attached hydrogens (tertiary/aromatic N) is 3. The number of hydrazone groups is 1. The van der Waals surface area contributed by atoms with Crippen molar-refractivity contribution in [2.75, 3.05) is 26.3 Å². The average molecular weight is 791 g/mol. The van der Waals surface area contributed by atoms with E-state index in [0.717, 1.165) is 21.8 Å². The second-order valence-corrected chi connectivity index (χ2v) is 13.2. The topological polar surface area (TPSA) is 276 Å². The fraction of sp³-hybridized carbons (Fsp3) is 0.226. The molecule has 22 heteroatoms. The Balaban J connectivity index is 0.00000486. The number of hydroxylamine groups is 1. The molecule has 0 radical (unpaired) electrons. The number of benzene rings is 2. The van der Waals surface area contributed by atoms with Gasteiger partial charge in [0.15, 0.2) is 5.71 Å². The molecule has 0 spiro atoms. The molecule has 0 atom stereocenters. The van der Waals surface area contributed by atoms with Crippen LogP contribution in [0.3, 0.4) is 0 Å². The molecular weight excluding hydrogens is 758 g/mol. The minimum Gasteiger partial charge on any atom is -0.744 e. The molecule has 53 heavy (non-hydrogen) atoms. The van der Waals surface area contributed by atoms with Gasteiger partial charge in [-0.25, -0.2) is 26.5 Å². The summed E-state index contributed by atoms with van der Waals surface area (Å²) in [6.45, 7) is -1.62. The normalized spacial score (nSPS) is 14.1. The molecule has 272 valence electrons. The van der Waals surface area contributed by atoms with Gasteiger partial charge in [-0.1, -0.05) is 54.6 Å². The van der Waals surface area contributed by atoms with Gasteiger partial charge in [0.25, 0.3) is 17.4 Å². The van der Waals surface area contributed by atoms with Gasteiger partial charge in [0, 0.05) is 13.1 Å². The quantitative estimate of drug-likeness (QED) is 0.0213. The van der Waals surface area contributed by atoms with E-state index in [0.29, 0.717) is 0 Å². The molecule has 2 aromatic carbocycles. The Morgan fingerprint density at radius 3 is 2.04 bits per heavy atom. The summed E-state index contributed by atoms with van der Waals surface area (Å²) in [6, 6.07) is 10.6. The van der Waals surface area contributed by atoms with Crippen LogP contribution in [0.15, 0.2) is 98.1 Å². The fourth-order valence-electron chi connectivity index (χ4n) is 4.78. The third-order valence-corrected chi connectivity index (χ3v) is 8.91. The van der Waals surface area contributed by atoms with Crippen LogP contribution in [0, 0.1) is 0 Å². The number of hydrogen-bond acceptors (Lipinski definition) is 14. The first kappa shape index (κ1) is 46.1. The van der Waals surface area contributed by atoms with E-state index in [1.54, 1.807) is 0 Å². The van der Waals surface area contributed by atoms with Crippen molar-refractivity contribution in [2.45, 2.75) is 29.5 Å². The Morgan fingerprint density at radius 2 is 1.45 bits per heavy atom. The van der Waals surface area contributed by atoms with Crippen LogP contribution in [-0.2, 0) is 54.4 Å². The van der Waals surface area contributed by atoms with E-state index >= 15 is 0 Å². The molecule has 1 aliphatic heterocycles. The number of rotatable bonds is 17. The van der Waals surface area contributed by atoms with Crippen LogP contribution >= 0.6 is 0 Å². The van der Waals surface area contributed by atoms with Gasteiger partial charge in [-0.15, -0.1) is 0 Å². The summed E-state index contributed by atoms with van der Waals surface area (Å²) < 4.78 is 71.6. The van der Waals surface area contributed by atoms with Crippen LogP contribution in [-0.4, -0.2) is 94.8 Å². The molecular formula is C31H32N6Na2O12S2. The first-order valence-corrected chi connectivity index (χ1v) is 17.8. The maximum absolute atomic E-state index is 13.4. The number of aliphatic hydroxyl groups is 2. The summed E-state index contributed by atoms with van der Waals surface area (Å²) in [6.07, 6.45) is 6.83. The van der Waals surface area contributed by atoms with Gasteiger partial charge in [-0.05, 0) is 35.4 Å². The van der Waals surface area contributed by atoms with E-state index in [-0.39, 0.29) is 126 Å². The molecule has 4 rings (SSSR count). The molecule has 18 nitrogen and oxygen atoms in total. The molecule has 0 aliphatic carbocycles. The zero-order valence-electron chi connectivity index (χ0n) is 28.6. The third kappa shape index (κ3) is 12.5. The zero-order valence-corrected chi connectivity index (χ0v) is 34.2. The summed E-state index contributed by atoms with van der Waals surface area (Å²) in [5, 5.41) is 28.2. The Hall–Kier alpha value is -3.06. The Bertz CT molecular complexity index is 2180. The summed E-state index contributed by atoms with van der Waals surface area (Å²) in [5.74, 6) is -1.60. The summed E-state index contributed by atoms with van der Waals surface area (Å²) in [4.78, 5) is 43.7. The van der Waals surface area contributed by atoms with E-state index in [1.807, 2.05) is 0 Å². The van der Waals surface area contributed by atoms with Gasteiger partial charge in [0.1, 0.15) is 26.8 Å². The molecule has 0 fully saturated rings. The van der Waals surface area contributed by atoms with Crippen molar-refractivity contribution < 1.29 is 110 Å². The van der Waals surface area contributed by atoms with E-state index in [9.17, 15) is 40.3 Å². The van der Waals surface area contributed by atoms with E-state index in [1.165, 1.54) is 66.8 Å². The second-order valence-electron chi connectivity index (χ2n) is 10.5. The molecule has 0 saturated heterocycles. The van der Waals surface area contributed by atoms with Gasteiger partial charge < -0.3 is 24.6 Å². The van der Waals surface area contributed by atoms with Gasteiger partial charge in [-0.3, -0.25) is 24.3 Å². The van der Waals surface area contributed by atoms with Crippen molar-refractivity contribution in [1.29, 1.82) is 0 Å². The Morgan fingerprint density at radius 1 is 0.868 bits per heavy atom. The molecule has 2 amide bonds. The van der Waals surface area contributed by atoms with Crippen LogP contribution in [0.4, 0.5) is 0 Å². The molecule has 0 unspecified atom stereocenters. The van der Waals surface area contributed by atoms with E-state index < -0.39 is 60.6 Å². The molecule has 3 aromatic rings. The second kappa shape index (κ2) is 21.1. The van der Waals surface area contributed by atoms with Crippen LogP contribution in [0.2, 0.25) is 0 Å². The maximum Gasteiger partial charge on any atom is 1.00 e. The SMILES string of the molecule is O=C(NCCO)C1=NN(Cc2ccccc2S(=O)(=O)[O-])C(=O)/C1=C/C=C/C=C/c1c(CONCCO)[nH]n(Cc2ccccc2S(=O)(=O)[O-])c1=O.[Na+].[Na+]. The van der Waals surface area contributed by atoms with Crippen molar-refractivity contribution in [2.24, 2.45) is 5.10 Å². The monoisotopic (exact) mass is 790 g/mol. The first-order chi connectivity index (χ1) is 24.3. The average Bonchev–Trinajstić information content (AvgIpc) is 3.55. The van der Waals surface area contributed by atoms with E-state index in [4.69, 9.17) is 15.1 Å². The first-order valence-electron chi connectivity index (χ1n) is 15.0. The number of carbonyl (C=O) groups is 2. The molecule has 5 N–H and O–H groups in total. The summed E-state index contributed by atoms with van der Waals surface area (Å²) >= 11 is 0. The minimum absolute atomic E-state index is 0. The van der Waals surface area contributed by atoms with Gasteiger partial charge in [-0.2, -0.15) is 10.6 Å².